The zero-order chi connectivity index (χ0) is 15.3. The van der Waals surface area contributed by atoms with Gasteiger partial charge in [-0.05, 0) is 25.8 Å². The summed E-state index contributed by atoms with van der Waals surface area (Å²) in [6.07, 6.45) is 9.54. The molecule has 0 spiro atoms. The van der Waals surface area contributed by atoms with Gasteiger partial charge in [0.2, 0.25) is 0 Å². The van der Waals surface area contributed by atoms with Gasteiger partial charge in [0.1, 0.15) is 10.8 Å². The van der Waals surface area contributed by atoms with Gasteiger partial charge in [-0.1, -0.05) is 11.6 Å². The maximum Gasteiger partial charge on any atom is 0.148 e. The third kappa shape index (κ3) is 2.02. The molecule has 114 valence electrons. The average Bonchev–Trinajstić information content (AvgIpc) is 3.11. The Balaban J connectivity index is 1.73. The first-order valence-electron chi connectivity index (χ1n) is 7.17. The highest BCUT2D eigenvalue weighted by Gasteiger charge is 2.42. The Hall–Kier alpha value is -1.92. The lowest BCUT2D eigenvalue weighted by atomic mass is 9.76. The van der Waals surface area contributed by atoms with Crippen molar-refractivity contribution in [3.63, 3.8) is 0 Å². The fraction of sp³-hybridized carbons (Fsp3) is 0.400. The van der Waals surface area contributed by atoms with Crippen molar-refractivity contribution in [2.75, 3.05) is 7.11 Å². The Bertz CT molecular complexity index is 833. The van der Waals surface area contributed by atoms with Crippen LogP contribution >= 0.6 is 11.6 Å². The van der Waals surface area contributed by atoms with E-state index in [1.54, 1.807) is 24.0 Å². The van der Waals surface area contributed by atoms with Gasteiger partial charge in [-0.2, -0.15) is 10.2 Å². The topological polar surface area (TPSA) is 57.2 Å². The Morgan fingerprint density at radius 2 is 2.14 bits per heavy atom. The van der Waals surface area contributed by atoms with Crippen LogP contribution in [-0.4, -0.2) is 37.6 Å². The second-order valence-electron chi connectivity index (χ2n) is 6.01. The molecule has 3 aromatic heterocycles. The monoisotopic (exact) mass is 317 g/mol. The number of nitrogens with zero attached hydrogens (tertiary/aromatic N) is 5. The minimum absolute atomic E-state index is 0.00797. The predicted octanol–water partition coefficient (Wildman–Crippen LogP) is 2.77. The summed E-state index contributed by atoms with van der Waals surface area (Å²) in [4.78, 5) is 4.44. The number of rotatable bonds is 3. The number of hydrogen-bond acceptors (Lipinski definition) is 4. The quantitative estimate of drug-likeness (QED) is 0.745. The van der Waals surface area contributed by atoms with Gasteiger partial charge in [0, 0.05) is 18.9 Å². The summed E-state index contributed by atoms with van der Waals surface area (Å²) in [6.45, 7) is 2.19. The van der Waals surface area contributed by atoms with Crippen molar-refractivity contribution in [1.29, 1.82) is 0 Å². The maximum absolute atomic E-state index is 6.09. The molecule has 1 fully saturated rings. The van der Waals surface area contributed by atoms with Gasteiger partial charge in [0.05, 0.1) is 35.8 Å². The smallest absolute Gasteiger partial charge is 0.148 e. The highest BCUT2D eigenvalue weighted by Crippen LogP contribution is 2.40. The molecule has 0 amide bonds. The molecule has 6 nitrogen and oxygen atoms in total. The second kappa shape index (κ2) is 4.79. The molecule has 0 aromatic carbocycles. The van der Waals surface area contributed by atoms with Crippen LogP contribution in [0.4, 0.5) is 0 Å². The molecule has 0 atom stereocenters. The Labute approximate surface area is 132 Å². The van der Waals surface area contributed by atoms with Crippen LogP contribution in [0, 0.1) is 0 Å². The normalized spacial score (nSPS) is 24.6. The molecule has 0 radical (unpaired) electrons. The Morgan fingerprint density at radius 1 is 1.32 bits per heavy atom. The number of methoxy groups -OCH3 is 1. The molecule has 0 N–H and O–H groups in total. The molecule has 0 saturated heterocycles. The van der Waals surface area contributed by atoms with E-state index in [4.69, 9.17) is 16.3 Å². The SMILES string of the molecule is CO[C@H]1C[C@](C)(n2cc(-c3nc(Cl)cn4nccc34)cn2)C1. The molecule has 7 heteroatoms. The molecule has 0 aliphatic heterocycles. The zero-order valence-electron chi connectivity index (χ0n) is 12.4. The largest absolute Gasteiger partial charge is 0.381 e. The summed E-state index contributed by atoms with van der Waals surface area (Å²) >= 11 is 6.09. The van der Waals surface area contributed by atoms with E-state index >= 15 is 0 Å². The molecule has 1 aliphatic carbocycles. The summed E-state index contributed by atoms with van der Waals surface area (Å²) in [5.41, 5.74) is 2.66. The van der Waals surface area contributed by atoms with Crippen molar-refractivity contribution in [3.8, 4) is 11.3 Å². The molecule has 1 aliphatic rings. The van der Waals surface area contributed by atoms with E-state index in [0.717, 1.165) is 29.6 Å². The van der Waals surface area contributed by atoms with Gasteiger partial charge in [0.25, 0.3) is 0 Å². The average molecular weight is 318 g/mol. The molecular formula is C15H16ClN5O. The van der Waals surface area contributed by atoms with Crippen LogP contribution in [0.15, 0.2) is 30.9 Å². The van der Waals surface area contributed by atoms with Crippen molar-refractivity contribution in [3.05, 3.63) is 36.0 Å². The number of aromatic nitrogens is 5. The molecule has 4 rings (SSSR count). The van der Waals surface area contributed by atoms with Gasteiger partial charge in [-0.3, -0.25) is 4.68 Å². The van der Waals surface area contributed by atoms with Crippen molar-refractivity contribution in [2.45, 2.75) is 31.4 Å². The lowest BCUT2D eigenvalue weighted by Crippen LogP contribution is -2.47. The molecule has 0 bridgehead atoms. The first-order valence-corrected chi connectivity index (χ1v) is 7.55. The summed E-state index contributed by atoms with van der Waals surface area (Å²) in [6, 6.07) is 1.92. The zero-order valence-corrected chi connectivity index (χ0v) is 13.2. The number of halogens is 1. The van der Waals surface area contributed by atoms with E-state index in [9.17, 15) is 0 Å². The predicted molar refractivity (Wildman–Crippen MR) is 82.9 cm³/mol. The van der Waals surface area contributed by atoms with Gasteiger partial charge in [-0.15, -0.1) is 0 Å². The highest BCUT2D eigenvalue weighted by molar-refractivity contribution is 6.29. The van der Waals surface area contributed by atoms with Gasteiger partial charge in [0.15, 0.2) is 0 Å². The van der Waals surface area contributed by atoms with Crippen molar-refractivity contribution in [1.82, 2.24) is 24.4 Å². The maximum atomic E-state index is 6.09. The summed E-state index contributed by atoms with van der Waals surface area (Å²) in [5, 5.41) is 9.15. The van der Waals surface area contributed by atoms with Crippen molar-refractivity contribution < 1.29 is 4.74 Å². The van der Waals surface area contributed by atoms with Crippen LogP contribution in [0.1, 0.15) is 19.8 Å². The number of ether oxygens (including phenoxy) is 1. The fourth-order valence-electron chi connectivity index (χ4n) is 3.13. The van der Waals surface area contributed by atoms with Crippen LogP contribution in [0.5, 0.6) is 0 Å². The Kier molecular flexibility index (Phi) is 2.99. The molecule has 22 heavy (non-hydrogen) atoms. The lowest BCUT2D eigenvalue weighted by Gasteiger charge is -2.44. The standard InChI is InChI=1S/C15H16ClN5O/c1-15(5-11(6-15)22-2)21-8-10(7-18-21)14-12-3-4-17-20(12)9-13(16)19-14/h3-4,7-9,11H,5-6H2,1-2H3/t11-,15-. The van der Waals surface area contributed by atoms with Crippen LogP contribution < -0.4 is 0 Å². The Morgan fingerprint density at radius 3 is 2.91 bits per heavy atom. The van der Waals surface area contributed by atoms with Crippen LogP contribution in [0.3, 0.4) is 0 Å². The van der Waals surface area contributed by atoms with Crippen LogP contribution in [0.25, 0.3) is 16.8 Å². The van der Waals surface area contributed by atoms with Gasteiger partial charge < -0.3 is 4.74 Å². The van der Waals surface area contributed by atoms with Gasteiger partial charge in [-0.25, -0.2) is 9.50 Å². The molecule has 3 heterocycles. The minimum Gasteiger partial charge on any atom is -0.381 e. The third-order valence-electron chi connectivity index (χ3n) is 4.44. The fourth-order valence-corrected chi connectivity index (χ4v) is 3.30. The van der Waals surface area contributed by atoms with E-state index in [1.165, 1.54) is 0 Å². The first kappa shape index (κ1) is 13.7. The van der Waals surface area contributed by atoms with E-state index in [0.29, 0.717) is 11.3 Å². The minimum atomic E-state index is 0.00797. The van der Waals surface area contributed by atoms with E-state index < -0.39 is 0 Å². The van der Waals surface area contributed by atoms with Crippen LogP contribution in [-0.2, 0) is 10.3 Å². The van der Waals surface area contributed by atoms with E-state index in [1.807, 2.05) is 23.1 Å². The molecular weight excluding hydrogens is 302 g/mol. The van der Waals surface area contributed by atoms with Crippen LogP contribution in [0.2, 0.25) is 5.15 Å². The number of fused-ring (bicyclic) bond motifs is 1. The molecule has 0 unspecified atom stereocenters. The highest BCUT2D eigenvalue weighted by atomic mass is 35.5. The first-order chi connectivity index (χ1) is 10.6. The van der Waals surface area contributed by atoms with Crippen molar-refractivity contribution >= 4 is 17.1 Å². The summed E-state index contributed by atoms with van der Waals surface area (Å²) in [7, 11) is 1.75. The lowest BCUT2D eigenvalue weighted by molar-refractivity contribution is -0.0469. The number of hydrogen-bond donors (Lipinski definition) is 0. The molecule has 3 aromatic rings. The molecule has 1 saturated carbocycles. The van der Waals surface area contributed by atoms with Gasteiger partial charge >= 0.3 is 0 Å². The van der Waals surface area contributed by atoms with E-state index in [2.05, 4.69) is 22.1 Å². The summed E-state index contributed by atoms with van der Waals surface area (Å²) in [5.74, 6) is 0. The van der Waals surface area contributed by atoms with Crippen molar-refractivity contribution in [2.24, 2.45) is 0 Å². The third-order valence-corrected chi connectivity index (χ3v) is 4.62. The second-order valence-corrected chi connectivity index (χ2v) is 6.40. The summed E-state index contributed by atoms with van der Waals surface area (Å²) < 4.78 is 9.11. The van der Waals surface area contributed by atoms with E-state index in [-0.39, 0.29) is 5.54 Å².